The molecule has 2 atom stereocenters. The van der Waals surface area contributed by atoms with Crippen LogP contribution in [0.5, 0.6) is 5.75 Å². The first-order chi connectivity index (χ1) is 8.83. The molecular weight excluding hydrogens is 224 g/mol. The SMILES string of the molecule is CCCOc1ccccc1C1CCCCCC1O. The summed E-state index contributed by atoms with van der Waals surface area (Å²) in [5.74, 6) is 1.21. The Morgan fingerprint density at radius 1 is 1.17 bits per heavy atom. The lowest BCUT2D eigenvalue weighted by Gasteiger charge is -2.23. The van der Waals surface area contributed by atoms with E-state index in [0.717, 1.165) is 38.0 Å². The Morgan fingerprint density at radius 2 is 1.94 bits per heavy atom. The molecule has 1 saturated carbocycles. The lowest BCUT2D eigenvalue weighted by Crippen LogP contribution is -2.17. The minimum absolute atomic E-state index is 0.209. The summed E-state index contributed by atoms with van der Waals surface area (Å²) in [4.78, 5) is 0. The van der Waals surface area contributed by atoms with E-state index in [-0.39, 0.29) is 12.0 Å². The fourth-order valence-corrected chi connectivity index (χ4v) is 2.78. The molecule has 1 aromatic carbocycles. The monoisotopic (exact) mass is 248 g/mol. The molecule has 1 aromatic rings. The van der Waals surface area contributed by atoms with Crippen LogP contribution >= 0.6 is 0 Å². The van der Waals surface area contributed by atoms with Gasteiger partial charge >= 0.3 is 0 Å². The van der Waals surface area contributed by atoms with Crippen LogP contribution in [0, 0.1) is 0 Å². The largest absolute Gasteiger partial charge is 0.493 e. The molecule has 0 amide bonds. The first kappa shape index (κ1) is 13.4. The quantitative estimate of drug-likeness (QED) is 0.819. The zero-order valence-electron chi connectivity index (χ0n) is 11.3. The van der Waals surface area contributed by atoms with Gasteiger partial charge in [-0.3, -0.25) is 0 Å². The van der Waals surface area contributed by atoms with E-state index in [1.54, 1.807) is 0 Å². The van der Waals surface area contributed by atoms with Gasteiger partial charge in [0, 0.05) is 5.92 Å². The summed E-state index contributed by atoms with van der Waals surface area (Å²) < 4.78 is 5.82. The van der Waals surface area contributed by atoms with Crippen LogP contribution in [-0.2, 0) is 0 Å². The average Bonchev–Trinajstić information content (AvgIpc) is 2.61. The molecule has 0 aliphatic heterocycles. The highest BCUT2D eigenvalue weighted by molar-refractivity contribution is 5.37. The first-order valence-electron chi connectivity index (χ1n) is 7.22. The molecule has 0 heterocycles. The standard InChI is InChI=1S/C16H24O2/c1-2-12-18-16-11-7-6-9-14(16)13-8-4-3-5-10-15(13)17/h6-7,9,11,13,15,17H,2-5,8,10,12H2,1H3. The second kappa shape index (κ2) is 6.79. The van der Waals surface area contributed by atoms with Crippen molar-refractivity contribution in [3.8, 4) is 5.75 Å². The molecule has 100 valence electrons. The summed E-state index contributed by atoms with van der Waals surface area (Å²) in [7, 11) is 0. The summed E-state index contributed by atoms with van der Waals surface area (Å²) in [6.07, 6.45) is 6.41. The number of rotatable bonds is 4. The van der Waals surface area contributed by atoms with Gasteiger partial charge in [0.25, 0.3) is 0 Å². The van der Waals surface area contributed by atoms with Crippen LogP contribution in [0.3, 0.4) is 0 Å². The van der Waals surface area contributed by atoms with Gasteiger partial charge in [0.15, 0.2) is 0 Å². The third-order valence-electron chi connectivity index (χ3n) is 3.76. The molecule has 2 unspecified atom stereocenters. The lowest BCUT2D eigenvalue weighted by atomic mass is 9.89. The van der Waals surface area contributed by atoms with Crippen LogP contribution < -0.4 is 4.74 Å². The van der Waals surface area contributed by atoms with E-state index < -0.39 is 0 Å². The molecule has 0 bridgehead atoms. The highest BCUT2D eigenvalue weighted by atomic mass is 16.5. The summed E-state index contributed by atoms with van der Waals surface area (Å²) in [6, 6.07) is 8.20. The molecule has 18 heavy (non-hydrogen) atoms. The van der Waals surface area contributed by atoms with Crippen LogP contribution in [0.4, 0.5) is 0 Å². The molecule has 0 saturated heterocycles. The van der Waals surface area contributed by atoms with Gasteiger partial charge < -0.3 is 9.84 Å². The molecular formula is C16H24O2. The minimum Gasteiger partial charge on any atom is -0.493 e. The van der Waals surface area contributed by atoms with E-state index in [2.05, 4.69) is 13.0 Å². The molecule has 1 fully saturated rings. The Bertz CT molecular complexity index is 362. The molecule has 1 N–H and O–H groups in total. The number of benzene rings is 1. The van der Waals surface area contributed by atoms with Gasteiger partial charge in [-0.05, 0) is 30.9 Å². The summed E-state index contributed by atoms with van der Waals surface area (Å²) in [6.45, 7) is 2.86. The minimum atomic E-state index is -0.209. The Balaban J connectivity index is 2.19. The Kier molecular flexibility index (Phi) is 5.06. The maximum atomic E-state index is 10.3. The van der Waals surface area contributed by atoms with Gasteiger partial charge in [0.2, 0.25) is 0 Å². The van der Waals surface area contributed by atoms with Gasteiger partial charge in [-0.2, -0.15) is 0 Å². The maximum absolute atomic E-state index is 10.3. The molecule has 1 aliphatic rings. The van der Waals surface area contributed by atoms with Crippen LogP contribution in [0.15, 0.2) is 24.3 Å². The summed E-state index contributed by atoms with van der Waals surface area (Å²) >= 11 is 0. The molecule has 0 aromatic heterocycles. The third-order valence-corrected chi connectivity index (χ3v) is 3.76. The Hall–Kier alpha value is -1.02. The Morgan fingerprint density at radius 3 is 2.78 bits per heavy atom. The van der Waals surface area contributed by atoms with Crippen LogP contribution in [0.1, 0.15) is 56.9 Å². The zero-order chi connectivity index (χ0) is 12.8. The number of hydrogen-bond donors (Lipinski definition) is 1. The van der Waals surface area contributed by atoms with Crippen molar-refractivity contribution < 1.29 is 9.84 Å². The van der Waals surface area contributed by atoms with E-state index in [0.29, 0.717) is 0 Å². The summed E-state index contributed by atoms with van der Waals surface area (Å²) in [5, 5.41) is 10.3. The second-order valence-corrected chi connectivity index (χ2v) is 5.20. The van der Waals surface area contributed by atoms with E-state index in [1.807, 2.05) is 18.2 Å². The van der Waals surface area contributed by atoms with Gasteiger partial charge in [0.1, 0.15) is 5.75 Å². The first-order valence-corrected chi connectivity index (χ1v) is 7.22. The topological polar surface area (TPSA) is 29.5 Å². The molecule has 2 nitrogen and oxygen atoms in total. The molecule has 1 aliphatic carbocycles. The second-order valence-electron chi connectivity index (χ2n) is 5.20. The van der Waals surface area contributed by atoms with E-state index >= 15 is 0 Å². The van der Waals surface area contributed by atoms with Gasteiger partial charge in [0.05, 0.1) is 12.7 Å². The lowest BCUT2D eigenvalue weighted by molar-refractivity contribution is 0.133. The number of ether oxygens (including phenoxy) is 1. The number of aliphatic hydroxyl groups is 1. The number of para-hydroxylation sites is 1. The molecule has 2 heteroatoms. The van der Waals surface area contributed by atoms with Gasteiger partial charge in [-0.25, -0.2) is 0 Å². The normalized spacial score (nSPS) is 24.6. The van der Waals surface area contributed by atoms with Crippen LogP contribution in [0.2, 0.25) is 0 Å². The predicted octanol–water partition coefficient (Wildman–Crippen LogP) is 3.88. The van der Waals surface area contributed by atoms with Crippen molar-refractivity contribution >= 4 is 0 Å². The average molecular weight is 248 g/mol. The molecule has 2 rings (SSSR count). The van der Waals surface area contributed by atoms with Crippen molar-refractivity contribution in [3.05, 3.63) is 29.8 Å². The van der Waals surface area contributed by atoms with Crippen LogP contribution in [-0.4, -0.2) is 17.8 Å². The van der Waals surface area contributed by atoms with Crippen molar-refractivity contribution in [2.24, 2.45) is 0 Å². The summed E-state index contributed by atoms with van der Waals surface area (Å²) in [5.41, 5.74) is 1.19. The molecule has 0 radical (unpaired) electrons. The van der Waals surface area contributed by atoms with E-state index in [9.17, 15) is 5.11 Å². The number of aliphatic hydroxyl groups excluding tert-OH is 1. The van der Waals surface area contributed by atoms with Crippen molar-refractivity contribution in [2.75, 3.05) is 6.61 Å². The van der Waals surface area contributed by atoms with Crippen molar-refractivity contribution in [3.63, 3.8) is 0 Å². The molecule has 0 spiro atoms. The highest BCUT2D eigenvalue weighted by Crippen LogP contribution is 2.36. The maximum Gasteiger partial charge on any atom is 0.122 e. The van der Waals surface area contributed by atoms with Crippen LogP contribution in [0.25, 0.3) is 0 Å². The van der Waals surface area contributed by atoms with Crippen molar-refractivity contribution in [1.82, 2.24) is 0 Å². The van der Waals surface area contributed by atoms with Crippen molar-refractivity contribution in [1.29, 1.82) is 0 Å². The fourth-order valence-electron chi connectivity index (χ4n) is 2.78. The fraction of sp³-hybridized carbons (Fsp3) is 0.625. The van der Waals surface area contributed by atoms with Gasteiger partial charge in [-0.15, -0.1) is 0 Å². The van der Waals surface area contributed by atoms with E-state index in [1.165, 1.54) is 18.4 Å². The smallest absolute Gasteiger partial charge is 0.122 e. The zero-order valence-corrected chi connectivity index (χ0v) is 11.3. The van der Waals surface area contributed by atoms with Crippen molar-refractivity contribution in [2.45, 2.75) is 57.5 Å². The highest BCUT2D eigenvalue weighted by Gasteiger charge is 2.25. The number of hydrogen-bond acceptors (Lipinski definition) is 2. The van der Waals surface area contributed by atoms with E-state index in [4.69, 9.17) is 4.74 Å². The Labute approximate surface area is 110 Å². The van der Waals surface area contributed by atoms with Gasteiger partial charge in [-0.1, -0.05) is 44.4 Å². The third kappa shape index (κ3) is 3.26. The predicted molar refractivity (Wildman–Crippen MR) is 74.1 cm³/mol.